The molecule has 3 heteroatoms. The lowest BCUT2D eigenvalue weighted by Crippen LogP contribution is -1.97. The van der Waals surface area contributed by atoms with Gasteiger partial charge in [-0.25, -0.2) is 0 Å². The summed E-state index contributed by atoms with van der Waals surface area (Å²) in [4.78, 5) is 0. The SMILES string of the molecule is Cl.NCCCCCF. The van der Waals surface area contributed by atoms with Gasteiger partial charge in [0.15, 0.2) is 0 Å². The molecule has 8 heavy (non-hydrogen) atoms. The van der Waals surface area contributed by atoms with Gasteiger partial charge in [-0.1, -0.05) is 0 Å². The molecule has 0 aliphatic heterocycles. The molecule has 2 N–H and O–H groups in total. The lowest BCUT2D eigenvalue weighted by atomic mass is 10.2. The van der Waals surface area contributed by atoms with Crippen LogP contribution in [0.25, 0.3) is 0 Å². The number of nitrogens with two attached hydrogens (primary N) is 1. The third-order valence-corrected chi connectivity index (χ3v) is 0.838. The summed E-state index contributed by atoms with van der Waals surface area (Å²) in [7, 11) is 0. The van der Waals surface area contributed by atoms with Gasteiger partial charge in [-0.3, -0.25) is 4.39 Å². The molecule has 0 atom stereocenters. The number of halogens is 2. The molecule has 0 unspecified atom stereocenters. The summed E-state index contributed by atoms with van der Waals surface area (Å²) in [5, 5.41) is 0. The Morgan fingerprint density at radius 1 is 1.12 bits per heavy atom. The Bertz CT molecular complexity index is 31.6. The van der Waals surface area contributed by atoms with Crippen LogP contribution in [0.3, 0.4) is 0 Å². The summed E-state index contributed by atoms with van der Waals surface area (Å²) >= 11 is 0. The average molecular weight is 142 g/mol. The summed E-state index contributed by atoms with van der Waals surface area (Å²) in [5.74, 6) is 0. The number of rotatable bonds is 4. The van der Waals surface area contributed by atoms with Crippen molar-refractivity contribution in [3.8, 4) is 0 Å². The molecular weight excluding hydrogens is 129 g/mol. The van der Waals surface area contributed by atoms with Gasteiger partial charge in [0.1, 0.15) is 0 Å². The molecule has 0 aromatic rings. The molecule has 0 heterocycles. The van der Waals surface area contributed by atoms with E-state index in [0.29, 0.717) is 13.0 Å². The van der Waals surface area contributed by atoms with Crippen LogP contribution in [0.2, 0.25) is 0 Å². The fourth-order valence-electron chi connectivity index (χ4n) is 0.416. The van der Waals surface area contributed by atoms with Crippen molar-refractivity contribution in [1.29, 1.82) is 0 Å². The minimum absolute atomic E-state index is 0. The van der Waals surface area contributed by atoms with E-state index in [0.717, 1.165) is 12.8 Å². The predicted octanol–water partition coefficient (Wildman–Crippen LogP) is 1.51. The quantitative estimate of drug-likeness (QED) is 0.591. The largest absolute Gasteiger partial charge is 0.330 e. The molecule has 0 aromatic carbocycles. The van der Waals surface area contributed by atoms with Crippen LogP contribution in [0.1, 0.15) is 19.3 Å². The minimum Gasteiger partial charge on any atom is -0.330 e. The zero-order valence-electron chi connectivity index (χ0n) is 4.90. The van der Waals surface area contributed by atoms with Gasteiger partial charge in [-0.05, 0) is 25.8 Å². The maximum atomic E-state index is 11.3. The van der Waals surface area contributed by atoms with E-state index in [1.807, 2.05) is 0 Å². The van der Waals surface area contributed by atoms with Crippen molar-refractivity contribution in [1.82, 2.24) is 0 Å². The maximum Gasteiger partial charge on any atom is 0.0894 e. The van der Waals surface area contributed by atoms with Crippen LogP contribution in [-0.4, -0.2) is 13.2 Å². The van der Waals surface area contributed by atoms with Crippen molar-refractivity contribution >= 4 is 12.4 Å². The van der Waals surface area contributed by atoms with E-state index in [9.17, 15) is 4.39 Å². The first kappa shape index (κ1) is 11.0. The molecule has 0 fully saturated rings. The smallest absolute Gasteiger partial charge is 0.0894 e. The summed E-state index contributed by atoms with van der Waals surface area (Å²) in [5.41, 5.74) is 5.15. The fourth-order valence-corrected chi connectivity index (χ4v) is 0.416. The average Bonchev–Trinajstić information content (AvgIpc) is 1.69. The lowest BCUT2D eigenvalue weighted by Gasteiger charge is -1.89. The van der Waals surface area contributed by atoms with Gasteiger partial charge in [0.2, 0.25) is 0 Å². The summed E-state index contributed by atoms with van der Waals surface area (Å²) in [6.45, 7) is 0.500. The van der Waals surface area contributed by atoms with Crippen molar-refractivity contribution < 1.29 is 4.39 Å². The topological polar surface area (TPSA) is 26.0 Å². The molecule has 0 aromatic heterocycles. The van der Waals surface area contributed by atoms with Crippen molar-refractivity contribution in [2.75, 3.05) is 13.2 Å². The van der Waals surface area contributed by atoms with E-state index in [-0.39, 0.29) is 19.1 Å². The third-order valence-electron chi connectivity index (χ3n) is 0.838. The lowest BCUT2D eigenvalue weighted by molar-refractivity contribution is 0.457. The van der Waals surface area contributed by atoms with Crippen molar-refractivity contribution in [2.24, 2.45) is 5.73 Å². The van der Waals surface area contributed by atoms with Crippen molar-refractivity contribution in [3.63, 3.8) is 0 Å². The fraction of sp³-hybridized carbons (Fsp3) is 1.00. The molecule has 0 saturated carbocycles. The summed E-state index contributed by atoms with van der Waals surface area (Å²) in [6, 6.07) is 0. The monoisotopic (exact) mass is 141 g/mol. The molecule has 0 amide bonds. The first-order valence-electron chi connectivity index (χ1n) is 2.68. The molecular formula is C5H13ClFN. The van der Waals surface area contributed by atoms with Crippen LogP contribution in [0.15, 0.2) is 0 Å². The second-order valence-electron chi connectivity index (χ2n) is 1.54. The van der Waals surface area contributed by atoms with E-state index >= 15 is 0 Å². The molecule has 52 valence electrons. The van der Waals surface area contributed by atoms with Crippen LogP contribution in [0, 0.1) is 0 Å². The number of unbranched alkanes of at least 4 members (excludes halogenated alkanes) is 2. The van der Waals surface area contributed by atoms with E-state index in [2.05, 4.69) is 0 Å². The number of alkyl halides is 1. The highest BCUT2D eigenvalue weighted by Gasteiger charge is 1.82. The van der Waals surface area contributed by atoms with Gasteiger partial charge >= 0.3 is 0 Å². The highest BCUT2D eigenvalue weighted by Crippen LogP contribution is 1.91. The Morgan fingerprint density at radius 3 is 2.12 bits per heavy atom. The second kappa shape index (κ2) is 10.2. The Kier molecular flexibility index (Phi) is 14.1. The van der Waals surface area contributed by atoms with Gasteiger partial charge in [0.05, 0.1) is 6.67 Å². The number of hydrogen-bond acceptors (Lipinski definition) is 1. The van der Waals surface area contributed by atoms with Gasteiger partial charge in [-0.15, -0.1) is 12.4 Å². The Labute approximate surface area is 55.9 Å². The predicted molar refractivity (Wildman–Crippen MR) is 36.1 cm³/mol. The van der Waals surface area contributed by atoms with Crippen LogP contribution in [0.4, 0.5) is 4.39 Å². The molecule has 0 aliphatic rings. The van der Waals surface area contributed by atoms with E-state index in [4.69, 9.17) is 5.73 Å². The molecule has 0 rings (SSSR count). The summed E-state index contributed by atoms with van der Waals surface area (Å²) in [6.07, 6.45) is 2.58. The van der Waals surface area contributed by atoms with E-state index < -0.39 is 0 Å². The minimum atomic E-state index is -0.194. The first-order chi connectivity index (χ1) is 3.41. The Hall–Kier alpha value is 0.180. The molecule has 0 spiro atoms. The molecule has 0 bridgehead atoms. The number of hydrogen-bond donors (Lipinski definition) is 1. The van der Waals surface area contributed by atoms with E-state index in [1.54, 1.807) is 0 Å². The van der Waals surface area contributed by atoms with Gasteiger partial charge in [0, 0.05) is 0 Å². The van der Waals surface area contributed by atoms with Crippen molar-refractivity contribution in [3.05, 3.63) is 0 Å². The molecule has 1 nitrogen and oxygen atoms in total. The molecule has 0 saturated heterocycles. The van der Waals surface area contributed by atoms with Crippen molar-refractivity contribution in [2.45, 2.75) is 19.3 Å². The Morgan fingerprint density at radius 2 is 1.75 bits per heavy atom. The van der Waals surface area contributed by atoms with Crippen LogP contribution < -0.4 is 5.73 Å². The van der Waals surface area contributed by atoms with Gasteiger partial charge < -0.3 is 5.73 Å². The summed E-state index contributed by atoms with van der Waals surface area (Å²) < 4.78 is 11.3. The normalized spacial score (nSPS) is 8.25. The maximum absolute atomic E-state index is 11.3. The highest BCUT2D eigenvalue weighted by atomic mass is 35.5. The zero-order valence-corrected chi connectivity index (χ0v) is 5.72. The van der Waals surface area contributed by atoms with E-state index in [1.165, 1.54) is 0 Å². The standard InChI is InChI=1S/C5H12FN.ClH/c6-4-2-1-3-5-7;/h1-5,7H2;1H. The third kappa shape index (κ3) is 9.49. The van der Waals surface area contributed by atoms with Crippen LogP contribution in [-0.2, 0) is 0 Å². The zero-order chi connectivity index (χ0) is 5.54. The van der Waals surface area contributed by atoms with Crippen LogP contribution >= 0.6 is 12.4 Å². The second-order valence-corrected chi connectivity index (χ2v) is 1.54. The highest BCUT2D eigenvalue weighted by molar-refractivity contribution is 5.85. The molecule has 0 aliphatic carbocycles. The van der Waals surface area contributed by atoms with Gasteiger partial charge in [-0.2, -0.15) is 0 Å². The van der Waals surface area contributed by atoms with Crippen LogP contribution in [0.5, 0.6) is 0 Å². The first-order valence-corrected chi connectivity index (χ1v) is 2.68. The van der Waals surface area contributed by atoms with Gasteiger partial charge in [0.25, 0.3) is 0 Å². The molecule has 0 radical (unpaired) electrons. The Balaban J connectivity index is 0.